The molecule has 0 bridgehead atoms. The zero-order valence-electron chi connectivity index (χ0n) is 11.8. The highest BCUT2D eigenvalue weighted by atomic mass is 16.4. The number of carboxylic acid groups (broad SMARTS) is 2. The third kappa shape index (κ3) is 9.15. The monoisotopic (exact) mass is 312 g/mol. The van der Waals surface area contributed by atoms with Crippen molar-refractivity contribution in [3.8, 4) is 5.75 Å². The van der Waals surface area contributed by atoms with Crippen LogP contribution in [0.3, 0.4) is 0 Å². The van der Waals surface area contributed by atoms with Crippen LogP contribution in [0.5, 0.6) is 5.75 Å². The number of hydrogen-bond donors (Lipinski definition) is 6. The van der Waals surface area contributed by atoms with Crippen LogP contribution >= 0.6 is 0 Å². The molecule has 0 aliphatic rings. The molecule has 0 saturated heterocycles. The van der Waals surface area contributed by atoms with Crippen LogP contribution in [-0.4, -0.2) is 45.8 Å². The molecule has 9 heteroatoms. The summed E-state index contributed by atoms with van der Waals surface area (Å²) in [6, 6.07) is 4.54. The van der Waals surface area contributed by atoms with Crippen molar-refractivity contribution in [2.75, 3.05) is 6.54 Å². The zero-order valence-corrected chi connectivity index (χ0v) is 11.8. The average Bonchev–Trinajstić information content (AvgIpc) is 2.44. The third-order valence-electron chi connectivity index (χ3n) is 2.40. The van der Waals surface area contributed by atoms with E-state index in [1.54, 1.807) is 0 Å². The second-order valence-corrected chi connectivity index (χ2v) is 4.25. The highest BCUT2D eigenvalue weighted by molar-refractivity contribution is 5.87. The molecule has 0 aromatic heterocycles. The molecule has 1 rings (SSSR count). The molecule has 0 fully saturated rings. The van der Waals surface area contributed by atoms with Crippen molar-refractivity contribution in [3.63, 3.8) is 0 Å². The van der Waals surface area contributed by atoms with Gasteiger partial charge in [-0.1, -0.05) is 0 Å². The maximum Gasteiger partial charge on any atom is 0.335 e. The minimum absolute atomic E-state index is 0.0129. The van der Waals surface area contributed by atoms with E-state index in [1.165, 1.54) is 24.3 Å². The molecular weight excluding hydrogens is 292 g/mol. The van der Waals surface area contributed by atoms with E-state index < -0.39 is 18.0 Å². The Morgan fingerprint density at radius 2 is 1.68 bits per heavy atom. The Bertz CT molecular complexity index is 512. The molecule has 1 aromatic carbocycles. The van der Waals surface area contributed by atoms with Crippen molar-refractivity contribution in [1.29, 1.82) is 0 Å². The standard InChI is InChI=1S/C7H6O3.C6H14N4O2/c8-6-3-1-5(2-4-6)7(9)10;7-4(5(11)12)2-1-3-10-6(8)9/h1-4,8H,(H,9,10);4H,1-3,7H2,(H,11,12)(H4,8,9,10). The fourth-order valence-corrected chi connectivity index (χ4v) is 1.25. The summed E-state index contributed by atoms with van der Waals surface area (Å²) in [7, 11) is 0. The van der Waals surface area contributed by atoms with E-state index in [0.29, 0.717) is 19.4 Å². The summed E-state index contributed by atoms with van der Waals surface area (Å²) in [4.78, 5) is 24.1. The summed E-state index contributed by atoms with van der Waals surface area (Å²) in [6.07, 6.45) is 0.956. The fourth-order valence-electron chi connectivity index (χ4n) is 1.25. The molecule has 0 saturated carbocycles. The van der Waals surface area contributed by atoms with Gasteiger partial charge in [0, 0.05) is 6.54 Å². The van der Waals surface area contributed by atoms with Gasteiger partial charge < -0.3 is 32.5 Å². The second kappa shape index (κ2) is 10.00. The van der Waals surface area contributed by atoms with E-state index in [1.807, 2.05) is 0 Å². The van der Waals surface area contributed by atoms with Crippen molar-refractivity contribution in [3.05, 3.63) is 29.8 Å². The first-order valence-corrected chi connectivity index (χ1v) is 6.30. The van der Waals surface area contributed by atoms with Crippen molar-refractivity contribution in [2.45, 2.75) is 18.9 Å². The molecule has 0 radical (unpaired) electrons. The van der Waals surface area contributed by atoms with E-state index in [9.17, 15) is 9.59 Å². The van der Waals surface area contributed by atoms with Gasteiger partial charge in [-0.2, -0.15) is 0 Å². The number of benzene rings is 1. The van der Waals surface area contributed by atoms with Gasteiger partial charge in [-0.05, 0) is 37.1 Å². The van der Waals surface area contributed by atoms with Gasteiger partial charge >= 0.3 is 11.9 Å². The first-order valence-electron chi connectivity index (χ1n) is 6.30. The second-order valence-electron chi connectivity index (χ2n) is 4.25. The topological polar surface area (TPSA) is 185 Å². The number of aliphatic imine (C=N–C) groups is 1. The number of phenols is 1. The summed E-state index contributed by atoms with van der Waals surface area (Å²) >= 11 is 0. The molecule has 0 amide bonds. The van der Waals surface area contributed by atoms with Crippen LogP contribution < -0.4 is 17.2 Å². The number of aromatic carboxylic acids is 1. The Morgan fingerprint density at radius 3 is 2.09 bits per heavy atom. The van der Waals surface area contributed by atoms with Crippen LogP contribution in [-0.2, 0) is 4.79 Å². The van der Waals surface area contributed by atoms with Crippen LogP contribution in [0.4, 0.5) is 0 Å². The van der Waals surface area contributed by atoms with E-state index in [0.717, 1.165) is 0 Å². The lowest BCUT2D eigenvalue weighted by Crippen LogP contribution is -2.30. The first kappa shape index (κ1) is 19.2. The average molecular weight is 312 g/mol. The van der Waals surface area contributed by atoms with Crippen LogP contribution in [0.1, 0.15) is 23.2 Å². The smallest absolute Gasteiger partial charge is 0.335 e. The number of nitrogens with two attached hydrogens (primary N) is 3. The minimum Gasteiger partial charge on any atom is -0.508 e. The van der Waals surface area contributed by atoms with Crippen LogP contribution in [0.2, 0.25) is 0 Å². The number of nitrogens with zero attached hydrogens (tertiary/aromatic N) is 1. The zero-order chi connectivity index (χ0) is 17.1. The molecule has 22 heavy (non-hydrogen) atoms. The van der Waals surface area contributed by atoms with Crippen molar-refractivity contribution < 1.29 is 24.9 Å². The molecule has 1 unspecified atom stereocenters. The normalized spacial score (nSPS) is 10.8. The van der Waals surface area contributed by atoms with E-state index in [4.69, 9.17) is 32.5 Å². The Labute approximate surface area is 127 Å². The van der Waals surface area contributed by atoms with Gasteiger partial charge in [0.15, 0.2) is 5.96 Å². The number of guanidine groups is 1. The molecule has 122 valence electrons. The lowest BCUT2D eigenvalue weighted by molar-refractivity contribution is -0.138. The molecule has 0 aliphatic heterocycles. The van der Waals surface area contributed by atoms with Gasteiger partial charge in [-0.15, -0.1) is 0 Å². The van der Waals surface area contributed by atoms with Crippen molar-refractivity contribution >= 4 is 17.9 Å². The van der Waals surface area contributed by atoms with Crippen LogP contribution in [0.25, 0.3) is 0 Å². The maximum atomic E-state index is 10.2. The number of rotatable bonds is 6. The van der Waals surface area contributed by atoms with Crippen molar-refractivity contribution in [1.82, 2.24) is 0 Å². The highest BCUT2D eigenvalue weighted by Gasteiger charge is 2.09. The molecule has 0 heterocycles. The van der Waals surface area contributed by atoms with Gasteiger partial charge in [0.2, 0.25) is 0 Å². The number of aliphatic carboxylic acids is 1. The molecular formula is C13H20N4O5. The molecule has 1 atom stereocenters. The molecule has 0 spiro atoms. The molecule has 9 N–H and O–H groups in total. The lowest BCUT2D eigenvalue weighted by atomic mass is 10.2. The van der Waals surface area contributed by atoms with Crippen LogP contribution in [0, 0.1) is 0 Å². The van der Waals surface area contributed by atoms with Gasteiger partial charge in [0.1, 0.15) is 11.8 Å². The first-order chi connectivity index (χ1) is 10.2. The van der Waals surface area contributed by atoms with Gasteiger partial charge in [0.25, 0.3) is 0 Å². The quantitative estimate of drug-likeness (QED) is 0.231. The summed E-state index contributed by atoms with van der Waals surface area (Å²) in [5, 5.41) is 25.5. The third-order valence-corrected chi connectivity index (χ3v) is 2.40. The maximum absolute atomic E-state index is 10.2. The summed E-state index contributed by atoms with van der Waals surface area (Å²) < 4.78 is 0. The Morgan fingerprint density at radius 1 is 1.14 bits per heavy atom. The van der Waals surface area contributed by atoms with Gasteiger partial charge in [-0.3, -0.25) is 9.79 Å². The number of phenolic OH excluding ortho intramolecular Hbond substituents is 1. The number of carboxylic acids is 2. The van der Waals surface area contributed by atoms with Crippen molar-refractivity contribution in [2.24, 2.45) is 22.2 Å². The minimum atomic E-state index is -1.00. The predicted molar refractivity (Wildman–Crippen MR) is 80.6 cm³/mol. The molecule has 9 nitrogen and oxygen atoms in total. The van der Waals surface area contributed by atoms with Gasteiger partial charge in [-0.25, -0.2) is 4.79 Å². The summed E-state index contributed by atoms with van der Waals surface area (Å²) in [5.74, 6) is -1.90. The number of aromatic hydroxyl groups is 1. The number of carbonyl (C=O) groups is 2. The Kier molecular flexibility index (Phi) is 8.72. The number of hydrogen-bond acceptors (Lipinski definition) is 5. The van der Waals surface area contributed by atoms with E-state index in [-0.39, 0.29) is 17.3 Å². The lowest BCUT2D eigenvalue weighted by Gasteiger charge is -2.03. The van der Waals surface area contributed by atoms with Crippen LogP contribution in [0.15, 0.2) is 29.3 Å². The van der Waals surface area contributed by atoms with Gasteiger partial charge in [0.05, 0.1) is 5.56 Å². The Hall–Kier alpha value is -2.81. The molecule has 1 aromatic rings. The SMILES string of the molecule is NC(N)=NCCCC(N)C(=O)O.O=C(O)c1ccc(O)cc1. The summed E-state index contributed by atoms with van der Waals surface area (Å²) in [5.41, 5.74) is 15.5. The van der Waals surface area contributed by atoms with E-state index in [2.05, 4.69) is 4.99 Å². The van der Waals surface area contributed by atoms with E-state index >= 15 is 0 Å². The predicted octanol–water partition coefficient (Wildman–Crippen LogP) is -0.458. The fraction of sp³-hybridized carbons (Fsp3) is 0.308. The molecule has 0 aliphatic carbocycles. The highest BCUT2D eigenvalue weighted by Crippen LogP contribution is 2.08. The Balaban J connectivity index is 0.000000406. The largest absolute Gasteiger partial charge is 0.508 e. The summed E-state index contributed by atoms with van der Waals surface area (Å²) in [6.45, 7) is 0.420.